The molecule has 12 heavy (non-hydrogen) atoms. The van der Waals surface area contributed by atoms with Crippen LogP contribution in [0.15, 0.2) is 0 Å². The fraction of sp³-hybridized carbons (Fsp3) is 0. The van der Waals surface area contributed by atoms with Crippen molar-refractivity contribution in [3.63, 3.8) is 0 Å². The van der Waals surface area contributed by atoms with Crippen LogP contribution < -0.4 is 6.15 Å². The van der Waals surface area contributed by atoms with E-state index < -0.39 is 20.8 Å². The van der Waals surface area contributed by atoms with Crippen molar-refractivity contribution in [2.75, 3.05) is 0 Å². The van der Waals surface area contributed by atoms with Crippen molar-refractivity contribution in [2.24, 2.45) is 0 Å². The third-order valence-corrected chi connectivity index (χ3v) is 0. The smallest absolute Gasteiger partial charge is 0.344 e. The minimum Gasteiger partial charge on any atom is -0.344 e. The van der Waals surface area contributed by atoms with Gasteiger partial charge in [0.2, 0.25) is 0 Å². The van der Waals surface area contributed by atoms with Gasteiger partial charge in [0.25, 0.3) is 0 Å². The molecule has 0 aromatic carbocycles. The number of hydrogen-bond acceptors (Lipinski definition) is 5. The standard InChI is InChI=1S/Cu.H3N.2H2O4S/c;;2*1-5(2,3)4/h;1H3;2*(H2,1,2,3,4). The molecule has 7 N–H and O–H groups in total. The van der Waals surface area contributed by atoms with Crippen molar-refractivity contribution >= 4 is 20.8 Å². The second-order valence-corrected chi connectivity index (χ2v) is 2.69. The maximum atomic E-state index is 8.74. The quantitative estimate of drug-likeness (QED) is 0.269. The molecule has 0 saturated carbocycles. The Morgan fingerprint density at radius 1 is 0.667 bits per heavy atom. The fourth-order valence-corrected chi connectivity index (χ4v) is 0. The molecule has 0 amide bonds. The van der Waals surface area contributed by atoms with E-state index >= 15 is 0 Å². The predicted octanol–water partition coefficient (Wildman–Crippen LogP) is -1.15. The molecule has 0 aromatic heterocycles. The van der Waals surface area contributed by atoms with Gasteiger partial charge in [-0.1, -0.05) is 0 Å². The van der Waals surface area contributed by atoms with Gasteiger partial charge in [0, 0.05) is 17.1 Å². The fourth-order valence-electron chi connectivity index (χ4n) is 0. The van der Waals surface area contributed by atoms with Gasteiger partial charge < -0.3 is 6.15 Å². The first-order valence-electron chi connectivity index (χ1n) is 1.40. The number of hydrogen-bond donors (Lipinski definition) is 5. The van der Waals surface area contributed by atoms with Gasteiger partial charge in [-0.05, 0) is 0 Å². The zero-order chi connectivity index (χ0) is 9.00. The molecule has 0 aromatic rings. The zero-order valence-corrected chi connectivity index (χ0v) is 7.82. The molecule has 0 bridgehead atoms. The van der Waals surface area contributed by atoms with Crippen LogP contribution in [0.3, 0.4) is 0 Å². The van der Waals surface area contributed by atoms with E-state index in [1.54, 1.807) is 0 Å². The molecule has 0 fully saturated rings. The first kappa shape index (κ1) is 22.8. The molecule has 0 rings (SSSR count). The Labute approximate surface area is 79.4 Å². The molecule has 0 atom stereocenters. The summed E-state index contributed by atoms with van der Waals surface area (Å²) in [5.74, 6) is 0. The Kier molecular flexibility index (Phi) is 14.9. The van der Waals surface area contributed by atoms with Crippen molar-refractivity contribution in [2.45, 2.75) is 0 Å². The van der Waals surface area contributed by atoms with Crippen molar-refractivity contribution in [3.8, 4) is 0 Å². The van der Waals surface area contributed by atoms with E-state index in [1.165, 1.54) is 0 Å². The van der Waals surface area contributed by atoms with E-state index in [9.17, 15) is 0 Å². The molecule has 0 aliphatic heterocycles. The summed E-state index contributed by atoms with van der Waals surface area (Å²) < 4.78 is 63.2. The van der Waals surface area contributed by atoms with E-state index in [2.05, 4.69) is 0 Å². The summed E-state index contributed by atoms with van der Waals surface area (Å²) in [7, 11) is -9.33. The minimum atomic E-state index is -4.67. The van der Waals surface area contributed by atoms with Crippen molar-refractivity contribution < 1.29 is 52.1 Å². The van der Waals surface area contributed by atoms with Gasteiger partial charge in [-0.3, -0.25) is 18.2 Å². The van der Waals surface area contributed by atoms with Gasteiger partial charge in [0.15, 0.2) is 0 Å². The summed E-state index contributed by atoms with van der Waals surface area (Å²) in [6.07, 6.45) is 0. The van der Waals surface area contributed by atoms with E-state index in [0.717, 1.165) is 0 Å². The van der Waals surface area contributed by atoms with Crippen LogP contribution in [-0.2, 0) is 37.9 Å². The molecule has 9 nitrogen and oxygen atoms in total. The first-order valence-corrected chi connectivity index (χ1v) is 4.19. The van der Waals surface area contributed by atoms with Crippen LogP contribution in [-0.4, -0.2) is 35.0 Å². The molecule has 0 saturated heterocycles. The monoisotopic (exact) mass is 276 g/mol. The molecule has 1 radical (unpaired) electrons. The molecular weight excluding hydrogens is 270 g/mol. The molecule has 0 aliphatic carbocycles. The van der Waals surface area contributed by atoms with Crippen LogP contribution in [0.2, 0.25) is 0 Å². The van der Waals surface area contributed by atoms with E-state index in [1.807, 2.05) is 0 Å². The van der Waals surface area contributed by atoms with Gasteiger partial charge >= 0.3 is 20.8 Å². The van der Waals surface area contributed by atoms with Gasteiger partial charge in [-0.15, -0.1) is 0 Å². The average Bonchev–Trinajstić information content (AvgIpc) is 1.12. The molecule has 83 valence electrons. The van der Waals surface area contributed by atoms with E-state index in [4.69, 9.17) is 35.0 Å². The van der Waals surface area contributed by atoms with Crippen LogP contribution in [0.1, 0.15) is 0 Å². The molecular formula is H7CuNO8S2. The van der Waals surface area contributed by atoms with Crippen LogP contribution in [0.5, 0.6) is 0 Å². The summed E-state index contributed by atoms with van der Waals surface area (Å²) in [5.41, 5.74) is 0. The molecule has 0 aliphatic rings. The normalized spacial score (nSPS) is 9.67. The Hall–Kier alpha value is 0.219. The molecule has 12 heteroatoms. The first-order chi connectivity index (χ1) is 4.00. The maximum absolute atomic E-state index is 8.74. The van der Waals surface area contributed by atoms with Crippen LogP contribution in [0, 0.1) is 0 Å². The van der Waals surface area contributed by atoms with Crippen molar-refractivity contribution in [3.05, 3.63) is 0 Å². The third-order valence-electron chi connectivity index (χ3n) is 0. The second kappa shape index (κ2) is 7.85. The van der Waals surface area contributed by atoms with Crippen LogP contribution in [0.25, 0.3) is 0 Å². The molecule has 0 spiro atoms. The Bertz CT molecular complexity index is 213. The Morgan fingerprint density at radius 3 is 0.667 bits per heavy atom. The second-order valence-electron chi connectivity index (χ2n) is 0.896. The van der Waals surface area contributed by atoms with Gasteiger partial charge in [0.1, 0.15) is 0 Å². The summed E-state index contributed by atoms with van der Waals surface area (Å²) in [4.78, 5) is 0. The number of rotatable bonds is 0. The summed E-state index contributed by atoms with van der Waals surface area (Å²) >= 11 is 0. The maximum Gasteiger partial charge on any atom is 0.394 e. The van der Waals surface area contributed by atoms with Crippen molar-refractivity contribution in [1.29, 1.82) is 0 Å². The SMILES string of the molecule is N.O=S(=O)(O)O.O=S(=O)(O)O.[Cu]. The van der Waals surface area contributed by atoms with Crippen molar-refractivity contribution in [1.82, 2.24) is 6.15 Å². The molecule has 0 heterocycles. The zero-order valence-electron chi connectivity index (χ0n) is 5.25. The Balaban J connectivity index is -0.0000000457. The Morgan fingerprint density at radius 2 is 0.667 bits per heavy atom. The van der Waals surface area contributed by atoms with Crippen LogP contribution >= 0.6 is 0 Å². The summed E-state index contributed by atoms with van der Waals surface area (Å²) in [6.45, 7) is 0. The largest absolute Gasteiger partial charge is 0.394 e. The summed E-state index contributed by atoms with van der Waals surface area (Å²) in [6, 6.07) is 0. The molecule has 0 unspecified atom stereocenters. The van der Waals surface area contributed by atoms with Gasteiger partial charge in [-0.2, -0.15) is 16.8 Å². The topological polar surface area (TPSA) is 184 Å². The van der Waals surface area contributed by atoms with E-state index in [-0.39, 0.29) is 23.2 Å². The predicted molar refractivity (Wildman–Crippen MR) is 33.4 cm³/mol. The van der Waals surface area contributed by atoms with E-state index in [0.29, 0.717) is 0 Å². The summed E-state index contributed by atoms with van der Waals surface area (Å²) in [5, 5.41) is 0. The van der Waals surface area contributed by atoms with Gasteiger partial charge in [0.05, 0.1) is 0 Å². The van der Waals surface area contributed by atoms with Gasteiger partial charge in [-0.25, -0.2) is 0 Å². The average molecular weight is 277 g/mol. The third kappa shape index (κ3) is 18000. The minimum absolute atomic E-state index is 0. The van der Waals surface area contributed by atoms with Crippen LogP contribution in [0.4, 0.5) is 0 Å².